The van der Waals surface area contributed by atoms with Gasteiger partial charge in [0.15, 0.2) is 0 Å². The monoisotopic (exact) mass is 353 g/mol. The largest absolute Gasteiger partial charge is 0.457 e. The maximum atomic E-state index is 6.10. The molecule has 106 valence electrons. The van der Waals surface area contributed by atoms with Crippen molar-refractivity contribution in [1.82, 2.24) is 0 Å². The van der Waals surface area contributed by atoms with E-state index in [2.05, 4.69) is 22.9 Å². The molecule has 0 aliphatic carbocycles. The molecule has 0 aliphatic rings. The van der Waals surface area contributed by atoms with Crippen LogP contribution in [0.2, 0.25) is 5.02 Å². The summed E-state index contributed by atoms with van der Waals surface area (Å²) in [5, 5.41) is 0.772. The van der Waals surface area contributed by atoms with Crippen LogP contribution in [0, 0.1) is 0 Å². The molecule has 20 heavy (non-hydrogen) atoms. The highest BCUT2D eigenvalue weighted by molar-refractivity contribution is 9.10. The van der Waals surface area contributed by atoms with Crippen LogP contribution < -0.4 is 10.5 Å². The topological polar surface area (TPSA) is 35.2 Å². The summed E-state index contributed by atoms with van der Waals surface area (Å²) in [6.07, 6.45) is 0.878. The molecule has 0 unspecified atom stereocenters. The lowest BCUT2D eigenvalue weighted by molar-refractivity contribution is 0.481. The lowest BCUT2D eigenvalue weighted by Gasteiger charge is -2.12. The Kier molecular flexibility index (Phi) is 5.08. The van der Waals surface area contributed by atoms with E-state index in [0.717, 1.165) is 38.5 Å². The summed E-state index contributed by atoms with van der Waals surface area (Å²) in [7, 11) is 0. The van der Waals surface area contributed by atoms with Gasteiger partial charge in [-0.05, 0) is 54.8 Å². The summed E-state index contributed by atoms with van der Waals surface area (Å²) >= 11 is 9.62. The first-order chi connectivity index (χ1) is 9.51. The molecule has 0 bridgehead atoms. The van der Waals surface area contributed by atoms with E-state index < -0.39 is 0 Å². The Hall–Kier alpha value is -1.03. The second-order valence-corrected chi connectivity index (χ2v) is 5.94. The number of aryl methyl sites for hydroxylation is 1. The van der Waals surface area contributed by atoms with Crippen molar-refractivity contribution in [3.8, 4) is 11.5 Å². The normalized spacial score (nSPS) is 12.2. The molecular formula is C16H17BrClNO. The predicted molar refractivity (Wildman–Crippen MR) is 87.6 cm³/mol. The zero-order valence-corrected chi connectivity index (χ0v) is 13.8. The summed E-state index contributed by atoms with van der Waals surface area (Å²) in [5.74, 6) is 1.55. The van der Waals surface area contributed by atoms with Crippen LogP contribution in [0.1, 0.15) is 31.0 Å². The molecule has 4 heteroatoms. The molecule has 0 saturated carbocycles. The number of hydrogen-bond acceptors (Lipinski definition) is 2. The second-order valence-electron chi connectivity index (χ2n) is 4.68. The highest BCUT2D eigenvalue weighted by atomic mass is 79.9. The molecule has 0 fully saturated rings. The van der Waals surface area contributed by atoms with Crippen LogP contribution in [0.3, 0.4) is 0 Å². The van der Waals surface area contributed by atoms with Crippen LogP contribution in [0.5, 0.6) is 11.5 Å². The first-order valence-electron chi connectivity index (χ1n) is 6.52. The van der Waals surface area contributed by atoms with Crippen LogP contribution in [-0.2, 0) is 6.42 Å². The van der Waals surface area contributed by atoms with E-state index in [1.165, 1.54) is 0 Å². The lowest BCUT2D eigenvalue weighted by atomic mass is 10.1. The molecule has 2 nitrogen and oxygen atoms in total. The quantitative estimate of drug-likeness (QED) is 0.789. The number of rotatable bonds is 4. The van der Waals surface area contributed by atoms with Gasteiger partial charge < -0.3 is 10.5 Å². The van der Waals surface area contributed by atoms with Gasteiger partial charge in [0.05, 0.1) is 0 Å². The third-order valence-electron chi connectivity index (χ3n) is 3.10. The number of nitrogens with two attached hydrogens (primary N) is 1. The molecule has 0 spiro atoms. The van der Waals surface area contributed by atoms with Gasteiger partial charge in [0.1, 0.15) is 11.5 Å². The standard InChI is InChI=1S/C16H17BrClNO/c1-3-11-8-12(5-7-16(11)18)20-13-4-6-14(10(2)19)15(17)9-13/h4-10H,3,19H2,1-2H3/t10-/m0/s1. The molecule has 2 rings (SSSR count). The summed E-state index contributed by atoms with van der Waals surface area (Å²) in [4.78, 5) is 0. The minimum atomic E-state index is -0.0133. The lowest BCUT2D eigenvalue weighted by Crippen LogP contribution is -2.05. The van der Waals surface area contributed by atoms with Crippen LogP contribution >= 0.6 is 27.5 Å². The van der Waals surface area contributed by atoms with E-state index in [4.69, 9.17) is 22.1 Å². The van der Waals surface area contributed by atoms with Crippen molar-refractivity contribution in [1.29, 1.82) is 0 Å². The maximum absolute atomic E-state index is 6.10. The second kappa shape index (κ2) is 6.61. The van der Waals surface area contributed by atoms with Gasteiger partial charge in [-0.2, -0.15) is 0 Å². The fraction of sp³-hybridized carbons (Fsp3) is 0.250. The molecule has 0 aromatic heterocycles. The fourth-order valence-corrected chi connectivity index (χ4v) is 2.93. The van der Waals surface area contributed by atoms with Gasteiger partial charge in [0, 0.05) is 15.5 Å². The molecule has 0 amide bonds. The molecule has 1 atom stereocenters. The Bertz CT molecular complexity index is 613. The third-order valence-corrected chi connectivity index (χ3v) is 4.15. The number of halogens is 2. The van der Waals surface area contributed by atoms with Crippen molar-refractivity contribution in [2.45, 2.75) is 26.3 Å². The van der Waals surface area contributed by atoms with Gasteiger partial charge in [-0.3, -0.25) is 0 Å². The molecule has 0 saturated heterocycles. The molecule has 2 aromatic rings. The Labute approximate surface area is 133 Å². The molecule has 0 radical (unpaired) electrons. The van der Waals surface area contributed by atoms with E-state index in [-0.39, 0.29) is 6.04 Å². The van der Waals surface area contributed by atoms with Crippen molar-refractivity contribution < 1.29 is 4.74 Å². The number of ether oxygens (including phenoxy) is 1. The van der Waals surface area contributed by atoms with Crippen LogP contribution in [0.4, 0.5) is 0 Å². The van der Waals surface area contributed by atoms with Crippen LogP contribution in [-0.4, -0.2) is 0 Å². The average Bonchev–Trinajstić information content (AvgIpc) is 2.40. The number of benzene rings is 2. The van der Waals surface area contributed by atoms with Crippen LogP contribution in [0.15, 0.2) is 40.9 Å². The van der Waals surface area contributed by atoms with E-state index in [1.807, 2.05) is 43.3 Å². The fourth-order valence-electron chi connectivity index (χ4n) is 1.96. The van der Waals surface area contributed by atoms with Crippen molar-refractivity contribution in [3.05, 3.63) is 57.0 Å². The molecule has 2 N–H and O–H groups in total. The Balaban J connectivity index is 2.24. The first kappa shape index (κ1) is 15.4. The van der Waals surface area contributed by atoms with Gasteiger partial charge in [-0.25, -0.2) is 0 Å². The van der Waals surface area contributed by atoms with Crippen molar-refractivity contribution in [2.75, 3.05) is 0 Å². The molecular weight excluding hydrogens is 338 g/mol. The van der Waals surface area contributed by atoms with E-state index in [9.17, 15) is 0 Å². The summed E-state index contributed by atoms with van der Waals surface area (Å²) < 4.78 is 6.82. The average molecular weight is 355 g/mol. The number of hydrogen-bond donors (Lipinski definition) is 1. The smallest absolute Gasteiger partial charge is 0.128 e. The van der Waals surface area contributed by atoms with Crippen molar-refractivity contribution in [3.63, 3.8) is 0 Å². The van der Waals surface area contributed by atoms with Crippen molar-refractivity contribution >= 4 is 27.5 Å². The highest BCUT2D eigenvalue weighted by Crippen LogP contribution is 2.31. The summed E-state index contributed by atoms with van der Waals surface area (Å²) in [6, 6.07) is 11.5. The minimum Gasteiger partial charge on any atom is -0.457 e. The van der Waals surface area contributed by atoms with Crippen LogP contribution in [0.25, 0.3) is 0 Å². The zero-order chi connectivity index (χ0) is 14.7. The zero-order valence-electron chi connectivity index (χ0n) is 11.5. The maximum Gasteiger partial charge on any atom is 0.128 e. The Morgan fingerprint density at radius 1 is 1.20 bits per heavy atom. The SMILES string of the molecule is CCc1cc(Oc2ccc([C@H](C)N)c(Br)c2)ccc1Cl. The van der Waals surface area contributed by atoms with Gasteiger partial charge in [-0.1, -0.05) is 40.5 Å². The van der Waals surface area contributed by atoms with Gasteiger partial charge in [0.25, 0.3) is 0 Å². The summed E-state index contributed by atoms with van der Waals surface area (Å²) in [5.41, 5.74) is 8.02. The Morgan fingerprint density at radius 2 is 1.85 bits per heavy atom. The molecule has 0 aliphatic heterocycles. The van der Waals surface area contributed by atoms with Gasteiger partial charge in [-0.15, -0.1) is 0 Å². The van der Waals surface area contributed by atoms with Gasteiger partial charge >= 0.3 is 0 Å². The van der Waals surface area contributed by atoms with Gasteiger partial charge in [0.2, 0.25) is 0 Å². The first-order valence-corrected chi connectivity index (χ1v) is 7.69. The van der Waals surface area contributed by atoms with E-state index >= 15 is 0 Å². The van der Waals surface area contributed by atoms with E-state index in [0.29, 0.717) is 0 Å². The van der Waals surface area contributed by atoms with Crippen molar-refractivity contribution in [2.24, 2.45) is 5.73 Å². The Morgan fingerprint density at radius 3 is 2.45 bits per heavy atom. The third kappa shape index (κ3) is 3.54. The molecule has 2 aromatic carbocycles. The molecule has 0 heterocycles. The van der Waals surface area contributed by atoms with E-state index in [1.54, 1.807) is 0 Å². The minimum absolute atomic E-state index is 0.0133. The predicted octanol–water partition coefficient (Wildman–Crippen LogP) is 5.48. The summed E-state index contributed by atoms with van der Waals surface area (Å²) in [6.45, 7) is 4.02. The highest BCUT2D eigenvalue weighted by Gasteiger charge is 2.07.